The van der Waals surface area contributed by atoms with Crippen LogP contribution in [-0.4, -0.2) is 53.5 Å². The fourth-order valence-corrected chi connectivity index (χ4v) is 5.66. The summed E-state index contributed by atoms with van der Waals surface area (Å²) in [5.41, 5.74) is 0.259. The van der Waals surface area contributed by atoms with E-state index in [2.05, 4.69) is 55.0 Å². The molecule has 1 aromatic heterocycles. The Morgan fingerprint density at radius 1 is 1.06 bits per heavy atom. The summed E-state index contributed by atoms with van der Waals surface area (Å²) >= 11 is 0. The van der Waals surface area contributed by atoms with Crippen molar-refractivity contribution in [2.75, 3.05) is 33.4 Å². The van der Waals surface area contributed by atoms with Gasteiger partial charge in [-0.25, -0.2) is 4.39 Å². The number of likely N-dealkylation sites (tertiary alicyclic amines) is 1. The number of rotatable bonds is 6. The fourth-order valence-electron chi connectivity index (χ4n) is 5.66. The maximum Gasteiger partial charge on any atom is 0.264 e. The van der Waals surface area contributed by atoms with Crippen molar-refractivity contribution in [1.29, 1.82) is 0 Å². The average molecular weight is 480 g/mol. The Balaban J connectivity index is 1.54. The van der Waals surface area contributed by atoms with Crippen LogP contribution < -0.4 is 0 Å². The van der Waals surface area contributed by atoms with Crippen molar-refractivity contribution in [2.24, 2.45) is 5.41 Å². The minimum absolute atomic E-state index is 0.00619. The van der Waals surface area contributed by atoms with E-state index in [4.69, 9.17) is 9.26 Å². The summed E-state index contributed by atoms with van der Waals surface area (Å²) < 4.78 is 26.0. The molecule has 0 radical (unpaired) electrons. The molecular formula is C28H34FN3O3. The number of hydrogen-bond acceptors (Lipinski definition) is 6. The number of halogens is 1. The third kappa shape index (κ3) is 4.09. The minimum atomic E-state index is -1.66. The van der Waals surface area contributed by atoms with Crippen LogP contribution in [0, 0.1) is 5.41 Å². The summed E-state index contributed by atoms with van der Waals surface area (Å²) in [6.07, 6.45) is 0.402. The van der Waals surface area contributed by atoms with E-state index in [1.807, 2.05) is 36.4 Å². The maximum absolute atomic E-state index is 15.3. The van der Waals surface area contributed by atoms with E-state index >= 15 is 4.39 Å². The number of ether oxygens (including phenoxy) is 1. The van der Waals surface area contributed by atoms with Crippen molar-refractivity contribution in [3.05, 3.63) is 71.1 Å². The lowest BCUT2D eigenvalue weighted by molar-refractivity contribution is -0.127. The second kappa shape index (κ2) is 8.80. The molecule has 7 heteroatoms. The highest BCUT2D eigenvalue weighted by Gasteiger charge is 2.55. The highest BCUT2D eigenvalue weighted by Crippen LogP contribution is 2.50. The van der Waals surface area contributed by atoms with Crippen LogP contribution in [0.3, 0.4) is 0 Å². The highest BCUT2D eigenvalue weighted by molar-refractivity contribution is 5.58. The van der Waals surface area contributed by atoms with Gasteiger partial charge in [0.2, 0.25) is 5.82 Å². The van der Waals surface area contributed by atoms with Crippen LogP contribution >= 0.6 is 0 Å². The second-order valence-corrected chi connectivity index (χ2v) is 10.8. The smallest absolute Gasteiger partial charge is 0.264 e. The van der Waals surface area contributed by atoms with Gasteiger partial charge in [-0.15, -0.1) is 0 Å². The number of alkyl halides is 1. The van der Waals surface area contributed by atoms with Gasteiger partial charge in [-0.1, -0.05) is 68.4 Å². The number of aromatic nitrogens is 2. The molecule has 2 aliphatic heterocycles. The Hall–Kier alpha value is -2.61. The highest BCUT2D eigenvalue weighted by atomic mass is 19.1. The average Bonchev–Trinajstić information content (AvgIpc) is 3.35. The van der Waals surface area contributed by atoms with Crippen LogP contribution in [0.2, 0.25) is 0 Å². The number of benzene rings is 2. The van der Waals surface area contributed by atoms with Gasteiger partial charge in [0.05, 0.1) is 13.2 Å². The van der Waals surface area contributed by atoms with Crippen molar-refractivity contribution < 1.29 is 18.8 Å². The number of hydrogen-bond donors (Lipinski definition) is 1. The molecule has 0 saturated carbocycles. The van der Waals surface area contributed by atoms with Gasteiger partial charge < -0.3 is 19.3 Å². The first kappa shape index (κ1) is 24.1. The van der Waals surface area contributed by atoms with Gasteiger partial charge in [-0.3, -0.25) is 0 Å². The molecule has 0 bridgehead atoms. The third-order valence-corrected chi connectivity index (χ3v) is 7.74. The first-order valence-corrected chi connectivity index (χ1v) is 12.4. The third-order valence-electron chi connectivity index (χ3n) is 7.74. The molecule has 0 amide bonds. The van der Waals surface area contributed by atoms with Gasteiger partial charge in [0.25, 0.3) is 5.89 Å². The lowest BCUT2D eigenvalue weighted by Gasteiger charge is -2.56. The summed E-state index contributed by atoms with van der Waals surface area (Å²) in [4.78, 5) is 6.62. The van der Waals surface area contributed by atoms with Crippen LogP contribution in [0.5, 0.6) is 0 Å². The molecule has 6 nitrogen and oxygen atoms in total. The molecule has 186 valence electrons. The maximum atomic E-state index is 15.3. The van der Waals surface area contributed by atoms with Crippen LogP contribution in [0.15, 0.2) is 53.1 Å². The second-order valence-electron chi connectivity index (χ2n) is 10.8. The van der Waals surface area contributed by atoms with Crippen molar-refractivity contribution in [3.63, 3.8) is 0 Å². The quantitative estimate of drug-likeness (QED) is 0.535. The van der Waals surface area contributed by atoms with Gasteiger partial charge in [0.15, 0.2) is 5.67 Å². The van der Waals surface area contributed by atoms with Crippen LogP contribution in [-0.2, 0) is 16.0 Å². The minimum Gasteiger partial charge on any atom is -0.381 e. The summed E-state index contributed by atoms with van der Waals surface area (Å²) in [5, 5.41) is 16.5. The standard InChI is InChI=1S/C28H34FN3O3/c1-19(2)20-8-10-22(11-9-20)28(33,26(3)17-32(4)18-26)23-7-5-6-21(16-23)24-30-25(35-31-24)27(29)12-14-34-15-13-27/h5-11,16,19,33H,12-15,17-18H2,1-4H3/t28-/m1/s1. The number of nitrogens with zero attached hydrogens (tertiary/aromatic N) is 3. The fraction of sp³-hybridized carbons (Fsp3) is 0.500. The SMILES string of the molecule is CC(C)c1ccc([C@@](O)(c2cccc(-c3noc(C4(F)CCOCC4)n3)c2)C2(C)CN(C)C2)cc1. The van der Waals surface area contributed by atoms with Crippen molar-refractivity contribution in [1.82, 2.24) is 15.0 Å². The van der Waals surface area contributed by atoms with E-state index in [0.29, 0.717) is 30.5 Å². The molecule has 35 heavy (non-hydrogen) atoms. The van der Waals surface area contributed by atoms with Gasteiger partial charge in [0, 0.05) is 36.9 Å². The van der Waals surface area contributed by atoms with E-state index in [0.717, 1.165) is 24.2 Å². The predicted molar refractivity (Wildman–Crippen MR) is 132 cm³/mol. The first-order chi connectivity index (χ1) is 16.6. The molecule has 3 aromatic rings. The molecule has 2 fully saturated rings. The van der Waals surface area contributed by atoms with Crippen LogP contribution in [0.4, 0.5) is 4.39 Å². The molecule has 2 aromatic carbocycles. The molecule has 2 saturated heterocycles. The molecule has 2 aliphatic rings. The van der Waals surface area contributed by atoms with E-state index in [1.54, 1.807) is 0 Å². The first-order valence-electron chi connectivity index (χ1n) is 12.4. The van der Waals surface area contributed by atoms with Gasteiger partial charge in [-0.05, 0) is 35.7 Å². The summed E-state index contributed by atoms with van der Waals surface area (Å²) in [6, 6.07) is 15.9. The zero-order valence-electron chi connectivity index (χ0n) is 20.9. The van der Waals surface area contributed by atoms with Crippen molar-refractivity contribution >= 4 is 0 Å². The lowest BCUT2D eigenvalue weighted by atomic mass is 9.62. The molecular weight excluding hydrogens is 445 g/mol. The molecule has 5 rings (SSSR count). The van der Waals surface area contributed by atoms with E-state index in [-0.39, 0.29) is 24.1 Å². The summed E-state index contributed by atoms with van der Waals surface area (Å²) in [7, 11) is 2.06. The molecule has 3 heterocycles. The Morgan fingerprint density at radius 2 is 1.74 bits per heavy atom. The number of aliphatic hydroxyl groups is 1. The van der Waals surface area contributed by atoms with Crippen LogP contribution in [0.25, 0.3) is 11.4 Å². The molecule has 1 N–H and O–H groups in total. The Bertz CT molecular complexity index is 1180. The largest absolute Gasteiger partial charge is 0.381 e. The Morgan fingerprint density at radius 3 is 2.37 bits per heavy atom. The summed E-state index contributed by atoms with van der Waals surface area (Å²) in [5.74, 6) is 0.722. The van der Waals surface area contributed by atoms with Crippen molar-refractivity contribution in [2.45, 2.75) is 50.8 Å². The zero-order valence-corrected chi connectivity index (χ0v) is 20.9. The van der Waals surface area contributed by atoms with Crippen LogP contribution in [0.1, 0.15) is 62.1 Å². The lowest BCUT2D eigenvalue weighted by Crippen LogP contribution is -2.63. The zero-order chi connectivity index (χ0) is 24.8. The van der Waals surface area contributed by atoms with Gasteiger partial charge >= 0.3 is 0 Å². The van der Waals surface area contributed by atoms with Gasteiger partial charge in [0.1, 0.15) is 5.60 Å². The monoisotopic (exact) mass is 479 g/mol. The topological polar surface area (TPSA) is 71.6 Å². The van der Waals surface area contributed by atoms with E-state index in [9.17, 15) is 5.11 Å². The predicted octanol–water partition coefficient (Wildman–Crippen LogP) is 5.02. The summed E-state index contributed by atoms with van der Waals surface area (Å²) in [6.45, 7) is 8.64. The molecule has 1 atom stereocenters. The normalized spacial score (nSPS) is 21.5. The van der Waals surface area contributed by atoms with Crippen molar-refractivity contribution in [3.8, 4) is 11.4 Å². The Kier molecular flexibility index (Phi) is 6.06. The van der Waals surface area contributed by atoms with Gasteiger partial charge in [-0.2, -0.15) is 4.98 Å². The van der Waals surface area contributed by atoms with E-state index < -0.39 is 11.3 Å². The van der Waals surface area contributed by atoms with E-state index in [1.165, 1.54) is 5.56 Å². The Labute approximate surface area is 206 Å². The molecule has 0 spiro atoms. The molecule has 0 unspecified atom stereocenters. The molecule has 0 aliphatic carbocycles.